The predicted octanol–water partition coefficient (Wildman–Crippen LogP) is 6.13. The fourth-order valence-corrected chi connectivity index (χ4v) is 5.26. The SMILES string of the molecule is CCc1ccc(Oc2ccc3c(c2)[C@H]2[C@@H](NC(=O)Nc4ccc(C(F)(F)F)c(F)c4)[C@H]2O3)c2c1NC(=O)CC2. The van der Waals surface area contributed by atoms with Gasteiger partial charge in [-0.05, 0) is 60.9 Å². The van der Waals surface area contributed by atoms with E-state index in [1.807, 2.05) is 25.1 Å². The first-order valence-corrected chi connectivity index (χ1v) is 12.5. The van der Waals surface area contributed by atoms with Crippen molar-refractivity contribution in [3.63, 3.8) is 0 Å². The molecule has 1 saturated carbocycles. The van der Waals surface area contributed by atoms with Crippen LogP contribution in [0.25, 0.3) is 0 Å². The van der Waals surface area contributed by atoms with Crippen LogP contribution >= 0.6 is 0 Å². The molecule has 202 valence electrons. The van der Waals surface area contributed by atoms with E-state index in [1.54, 1.807) is 12.1 Å². The molecule has 39 heavy (non-hydrogen) atoms. The van der Waals surface area contributed by atoms with Crippen LogP contribution in [0.15, 0.2) is 48.5 Å². The zero-order valence-corrected chi connectivity index (χ0v) is 20.6. The average Bonchev–Trinajstić information content (AvgIpc) is 3.39. The first-order chi connectivity index (χ1) is 18.6. The maximum Gasteiger partial charge on any atom is 0.419 e. The first kappa shape index (κ1) is 25.0. The second-order valence-electron chi connectivity index (χ2n) is 9.70. The lowest BCUT2D eigenvalue weighted by molar-refractivity contribution is -0.140. The normalized spacial score (nSPS) is 20.6. The predicted molar refractivity (Wildman–Crippen MR) is 134 cm³/mol. The van der Waals surface area contributed by atoms with Crippen LogP contribution < -0.4 is 25.4 Å². The highest BCUT2D eigenvalue weighted by Gasteiger charge is 2.59. The fraction of sp³-hybridized carbons (Fsp3) is 0.286. The van der Waals surface area contributed by atoms with Gasteiger partial charge in [-0.1, -0.05) is 13.0 Å². The van der Waals surface area contributed by atoms with Gasteiger partial charge in [-0.25, -0.2) is 9.18 Å². The number of anilines is 2. The minimum Gasteiger partial charge on any atom is -0.487 e. The Labute approximate surface area is 220 Å². The number of hydrogen-bond donors (Lipinski definition) is 3. The summed E-state index contributed by atoms with van der Waals surface area (Å²) in [4.78, 5) is 24.4. The van der Waals surface area contributed by atoms with Crippen molar-refractivity contribution in [1.82, 2.24) is 5.32 Å². The van der Waals surface area contributed by atoms with Gasteiger partial charge in [0.15, 0.2) is 0 Å². The quantitative estimate of drug-likeness (QED) is 0.339. The van der Waals surface area contributed by atoms with E-state index in [1.165, 1.54) is 0 Å². The standard InChI is InChI=1S/C28H23F4N3O4/c1-2-13-3-8-20(16-6-10-22(36)34-24(13)16)38-15-5-9-21-17(12-15)23-25(26(23)39-21)35-27(37)33-14-4-7-18(19(29)11-14)28(30,31)32/h3-5,7-9,11-12,23,25-26H,2,6,10H2,1H3,(H,34,36)(H2,33,35,37)/t23-,25+,26-/m0/s1. The molecule has 0 spiro atoms. The zero-order chi connectivity index (χ0) is 27.5. The number of aryl methyl sites for hydroxylation is 1. The summed E-state index contributed by atoms with van der Waals surface area (Å²) in [6.45, 7) is 2.02. The Balaban J connectivity index is 1.13. The average molecular weight is 542 g/mol. The molecule has 11 heteroatoms. The van der Waals surface area contributed by atoms with Gasteiger partial charge in [-0.15, -0.1) is 0 Å². The Bertz CT molecular complexity index is 1510. The molecule has 6 rings (SSSR count). The molecule has 2 heterocycles. The maximum atomic E-state index is 13.8. The monoisotopic (exact) mass is 541 g/mol. The lowest BCUT2D eigenvalue weighted by atomic mass is 9.96. The Kier molecular flexibility index (Phi) is 5.89. The molecule has 1 aliphatic carbocycles. The number of carbonyl (C=O) groups excluding carboxylic acids is 2. The molecule has 2 aliphatic heterocycles. The smallest absolute Gasteiger partial charge is 0.419 e. The Morgan fingerprint density at radius 2 is 1.95 bits per heavy atom. The van der Waals surface area contributed by atoms with Gasteiger partial charge in [0.2, 0.25) is 5.91 Å². The third kappa shape index (κ3) is 4.62. The van der Waals surface area contributed by atoms with Crippen LogP contribution in [0.5, 0.6) is 17.2 Å². The molecule has 3 aromatic carbocycles. The molecule has 3 aromatic rings. The summed E-state index contributed by atoms with van der Waals surface area (Å²) in [7, 11) is 0. The molecule has 0 bridgehead atoms. The van der Waals surface area contributed by atoms with Gasteiger partial charge in [-0.2, -0.15) is 13.2 Å². The highest BCUT2D eigenvalue weighted by molar-refractivity contribution is 5.95. The number of carbonyl (C=O) groups is 2. The van der Waals surface area contributed by atoms with E-state index in [0.29, 0.717) is 42.2 Å². The highest BCUT2D eigenvalue weighted by Crippen LogP contribution is 2.54. The molecular formula is C28H23F4N3O4. The number of urea groups is 1. The number of hydrogen-bond acceptors (Lipinski definition) is 4. The van der Waals surface area contributed by atoms with E-state index in [-0.39, 0.29) is 29.7 Å². The molecule has 0 unspecified atom stereocenters. The minimum atomic E-state index is -4.82. The molecule has 3 amide bonds. The molecule has 0 aromatic heterocycles. The number of alkyl halides is 3. The third-order valence-corrected chi connectivity index (χ3v) is 7.22. The number of halogens is 4. The van der Waals surface area contributed by atoms with Crippen molar-refractivity contribution in [3.05, 3.63) is 76.6 Å². The van der Waals surface area contributed by atoms with Crippen molar-refractivity contribution in [1.29, 1.82) is 0 Å². The van der Waals surface area contributed by atoms with Crippen molar-refractivity contribution < 1.29 is 36.6 Å². The van der Waals surface area contributed by atoms with Gasteiger partial charge >= 0.3 is 12.2 Å². The van der Waals surface area contributed by atoms with Gasteiger partial charge in [0, 0.05) is 23.2 Å². The summed E-state index contributed by atoms with van der Waals surface area (Å²) in [5.41, 5.74) is 2.15. The minimum absolute atomic E-state index is 0.0187. The molecule has 0 saturated heterocycles. The lowest BCUT2D eigenvalue weighted by Gasteiger charge is -2.23. The number of ether oxygens (including phenoxy) is 2. The van der Waals surface area contributed by atoms with Gasteiger partial charge in [-0.3, -0.25) is 4.79 Å². The second kappa shape index (κ2) is 9.18. The van der Waals surface area contributed by atoms with Crippen molar-refractivity contribution >= 4 is 23.3 Å². The number of rotatable bonds is 5. The third-order valence-electron chi connectivity index (χ3n) is 7.22. The number of benzene rings is 3. The summed E-state index contributed by atoms with van der Waals surface area (Å²) in [5.74, 6) is 0.296. The van der Waals surface area contributed by atoms with Crippen LogP contribution in [0.2, 0.25) is 0 Å². The van der Waals surface area contributed by atoms with E-state index in [0.717, 1.165) is 34.9 Å². The topological polar surface area (TPSA) is 88.7 Å². The van der Waals surface area contributed by atoms with Crippen LogP contribution in [-0.2, 0) is 23.8 Å². The van der Waals surface area contributed by atoms with Crippen LogP contribution in [0.1, 0.15) is 41.5 Å². The Morgan fingerprint density at radius 1 is 1.13 bits per heavy atom. The van der Waals surface area contributed by atoms with E-state index in [9.17, 15) is 27.2 Å². The van der Waals surface area contributed by atoms with E-state index in [4.69, 9.17) is 9.47 Å². The second-order valence-corrected chi connectivity index (χ2v) is 9.70. The Hall–Kier alpha value is -4.28. The zero-order valence-electron chi connectivity index (χ0n) is 20.6. The van der Waals surface area contributed by atoms with E-state index < -0.39 is 23.6 Å². The maximum absolute atomic E-state index is 13.8. The molecule has 7 nitrogen and oxygen atoms in total. The van der Waals surface area contributed by atoms with Crippen molar-refractivity contribution in [2.24, 2.45) is 0 Å². The molecule has 3 N–H and O–H groups in total. The van der Waals surface area contributed by atoms with Crippen LogP contribution in [0.3, 0.4) is 0 Å². The van der Waals surface area contributed by atoms with E-state index >= 15 is 0 Å². The summed E-state index contributed by atoms with van der Waals surface area (Å²) in [6, 6.07) is 10.4. The molecular weight excluding hydrogens is 518 g/mol. The summed E-state index contributed by atoms with van der Waals surface area (Å²) in [5, 5.41) is 8.06. The summed E-state index contributed by atoms with van der Waals surface area (Å²) < 4.78 is 64.3. The van der Waals surface area contributed by atoms with Crippen molar-refractivity contribution in [2.75, 3.05) is 10.6 Å². The molecule has 0 radical (unpaired) electrons. The fourth-order valence-electron chi connectivity index (χ4n) is 5.26. The number of nitrogens with one attached hydrogen (secondary N) is 3. The number of amides is 3. The lowest BCUT2D eigenvalue weighted by Crippen LogP contribution is -2.34. The summed E-state index contributed by atoms with van der Waals surface area (Å²) in [6.07, 6.45) is -3.38. The molecule has 3 atom stereocenters. The molecule has 3 aliphatic rings. The Morgan fingerprint density at radius 3 is 2.69 bits per heavy atom. The van der Waals surface area contributed by atoms with Gasteiger partial charge in [0.1, 0.15) is 29.2 Å². The van der Waals surface area contributed by atoms with Gasteiger partial charge < -0.3 is 25.4 Å². The van der Waals surface area contributed by atoms with Crippen molar-refractivity contribution in [3.8, 4) is 17.2 Å². The van der Waals surface area contributed by atoms with E-state index in [2.05, 4.69) is 16.0 Å². The highest BCUT2D eigenvalue weighted by atomic mass is 19.4. The van der Waals surface area contributed by atoms with Crippen molar-refractivity contribution in [2.45, 2.75) is 50.4 Å². The first-order valence-electron chi connectivity index (χ1n) is 12.5. The van der Waals surface area contributed by atoms with Gasteiger partial charge in [0.25, 0.3) is 0 Å². The largest absolute Gasteiger partial charge is 0.487 e. The van der Waals surface area contributed by atoms with Crippen LogP contribution in [0.4, 0.5) is 33.7 Å². The number of fused-ring (bicyclic) bond motifs is 4. The van der Waals surface area contributed by atoms with Crippen LogP contribution in [-0.4, -0.2) is 24.1 Å². The molecule has 1 fully saturated rings. The summed E-state index contributed by atoms with van der Waals surface area (Å²) >= 11 is 0. The van der Waals surface area contributed by atoms with Gasteiger partial charge in [0.05, 0.1) is 23.2 Å². The van der Waals surface area contributed by atoms with Crippen LogP contribution in [0, 0.1) is 5.82 Å².